The molecule has 0 saturated carbocycles. The van der Waals surface area contributed by atoms with Gasteiger partial charge in [-0.25, -0.2) is 0 Å². The Hall–Kier alpha value is -0.930. The van der Waals surface area contributed by atoms with E-state index in [1.54, 1.807) is 12.4 Å². The van der Waals surface area contributed by atoms with Crippen LogP contribution in [0.3, 0.4) is 0 Å². The van der Waals surface area contributed by atoms with Crippen molar-refractivity contribution < 1.29 is 4.74 Å². The summed E-state index contributed by atoms with van der Waals surface area (Å²) in [5, 5.41) is 0. The van der Waals surface area contributed by atoms with Crippen LogP contribution in [-0.4, -0.2) is 18.2 Å². The lowest BCUT2D eigenvalue weighted by Crippen LogP contribution is -2.13. The van der Waals surface area contributed by atoms with Crippen LogP contribution >= 0.6 is 0 Å². The highest BCUT2D eigenvalue weighted by atomic mass is 16.5. The van der Waals surface area contributed by atoms with Crippen molar-refractivity contribution in [2.24, 2.45) is 5.73 Å². The molecule has 1 rings (SSSR count). The molecule has 0 spiro atoms. The van der Waals surface area contributed by atoms with Crippen molar-refractivity contribution in [1.82, 2.24) is 4.98 Å². The van der Waals surface area contributed by atoms with Crippen molar-refractivity contribution in [3.8, 4) is 0 Å². The zero-order chi connectivity index (χ0) is 10.9. The molecule has 0 fully saturated rings. The highest BCUT2D eigenvalue weighted by Gasteiger charge is 2.04. The number of hydrogen-bond acceptors (Lipinski definition) is 3. The zero-order valence-corrected chi connectivity index (χ0v) is 9.36. The molecule has 0 radical (unpaired) electrons. The molecule has 1 aromatic rings. The van der Waals surface area contributed by atoms with Gasteiger partial charge in [0.05, 0.1) is 0 Å². The molecule has 15 heavy (non-hydrogen) atoms. The first-order valence-electron chi connectivity index (χ1n) is 5.58. The van der Waals surface area contributed by atoms with E-state index in [0.717, 1.165) is 31.6 Å². The lowest BCUT2D eigenvalue weighted by atomic mass is 10.1. The average molecular weight is 208 g/mol. The van der Waals surface area contributed by atoms with Crippen molar-refractivity contribution >= 4 is 0 Å². The maximum Gasteiger partial charge on any atom is 0.0484 e. The van der Waals surface area contributed by atoms with Crippen molar-refractivity contribution in [1.29, 1.82) is 0 Å². The average Bonchev–Trinajstić information content (AvgIpc) is 2.30. The van der Waals surface area contributed by atoms with Crippen LogP contribution in [0.5, 0.6) is 0 Å². The minimum atomic E-state index is 0.0645. The Kier molecular flexibility index (Phi) is 5.97. The quantitative estimate of drug-likeness (QED) is 0.699. The normalized spacial score (nSPS) is 12.7. The van der Waals surface area contributed by atoms with Gasteiger partial charge in [-0.05, 0) is 30.5 Å². The van der Waals surface area contributed by atoms with Gasteiger partial charge < -0.3 is 10.5 Å². The fourth-order valence-electron chi connectivity index (χ4n) is 1.34. The summed E-state index contributed by atoms with van der Waals surface area (Å²) in [6.07, 6.45) is 6.72. The van der Waals surface area contributed by atoms with Gasteiger partial charge in [-0.2, -0.15) is 0 Å². The van der Waals surface area contributed by atoms with E-state index in [1.807, 2.05) is 12.1 Å². The van der Waals surface area contributed by atoms with Crippen LogP contribution in [0.2, 0.25) is 0 Å². The van der Waals surface area contributed by atoms with Crippen molar-refractivity contribution in [3.05, 3.63) is 30.1 Å². The molecule has 0 bridgehead atoms. The van der Waals surface area contributed by atoms with Gasteiger partial charge in [0.1, 0.15) is 0 Å². The molecule has 0 aliphatic rings. The second-order valence-corrected chi connectivity index (χ2v) is 3.64. The van der Waals surface area contributed by atoms with Crippen molar-refractivity contribution in [2.45, 2.75) is 32.2 Å². The summed E-state index contributed by atoms with van der Waals surface area (Å²) in [5.74, 6) is 0. The van der Waals surface area contributed by atoms with Gasteiger partial charge >= 0.3 is 0 Å². The predicted octanol–water partition coefficient (Wildman–Crippen LogP) is 2.29. The van der Waals surface area contributed by atoms with Gasteiger partial charge in [-0.15, -0.1) is 0 Å². The van der Waals surface area contributed by atoms with Gasteiger partial charge in [0.25, 0.3) is 0 Å². The molecular formula is C12H20N2O. The lowest BCUT2D eigenvalue weighted by Gasteiger charge is -2.11. The Bertz CT molecular complexity index is 251. The van der Waals surface area contributed by atoms with Gasteiger partial charge in [0.15, 0.2) is 0 Å². The maximum absolute atomic E-state index is 6.00. The van der Waals surface area contributed by atoms with Crippen LogP contribution < -0.4 is 5.73 Å². The smallest absolute Gasteiger partial charge is 0.0484 e. The summed E-state index contributed by atoms with van der Waals surface area (Å²) in [4.78, 5) is 3.96. The number of ether oxygens (including phenoxy) is 1. The molecule has 3 nitrogen and oxygen atoms in total. The molecule has 0 aliphatic heterocycles. The van der Waals surface area contributed by atoms with Crippen LogP contribution in [-0.2, 0) is 4.74 Å². The second-order valence-electron chi connectivity index (χ2n) is 3.64. The molecule has 3 heteroatoms. The van der Waals surface area contributed by atoms with Gasteiger partial charge in [0.2, 0.25) is 0 Å². The molecule has 2 N–H and O–H groups in total. The summed E-state index contributed by atoms with van der Waals surface area (Å²) in [7, 11) is 0. The monoisotopic (exact) mass is 208 g/mol. The highest BCUT2D eigenvalue weighted by Crippen LogP contribution is 2.12. The van der Waals surface area contributed by atoms with E-state index in [2.05, 4.69) is 11.9 Å². The molecule has 1 heterocycles. The fourth-order valence-corrected chi connectivity index (χ4v) is 1.34. The van der Waals surface area contributed by atoms with E-state index >= 15 is 0 Å². The first-order valence-corrected chi connectivity index (χ1v) is 5.58. The molecule has 1 unspecified atom stereocenters. The first kappa shape index (κ1) is 12.1. The van der Waals surface area contributed by atoms with Gasteiger partial charge in [-0.3, -0.25) is 4.98 Å². The fraction of sp³-hybridized carbons (Fsp3) is 0.583. The Morgan fingerprint density at radius 2 is 2.07 bits per heavy atom. The zero-order valence-electron chi connectivity index (χ0n) is 9.36. The Morgan fingerprint density at radius 3 is 2.73 bits per heavy atom. The molecule has 1 atom stereocenters. The second kappa shape index (κ2) is 7.37. The van der Waals surface area contributed by atoms with Crippen LogP contribution in [0.15, 0.2) is 24.5 Å². The summed E-state index contributed by atoms with van der Waals surface area (Å²) in [6.45, 7) is 3.75. The SMILES string of the molecule is CCCCOCCC(N)c1ccncc1. The molecule has 0 amide bonds. The molecule has 84 valence electrons. The molecule has 1 aromatic heterocycles. The van der Waals surface area contributed by atoms with E-state index in [4.69, 9.17) is 10.5 Å². The molecule has 0 saturated heterocycles. The topological polar surface area (TPSA) is 48.1 Å². The largest absolute Gasteiger partial charge is 0.381 e. The van der Waals surface area contributed by atoms with E-state index in [9.17, 15) is 0 Å². The summed E-state index contributed by atoms with van der Waals surface area (Å²) in [6, 6.07) is 3.97. The number of aromatic nitrogens is 1. The lowest BCUT2D eigenvalue weighted by molar-refractivity contribution is 0.124. The van der Waals surface area contributed by atoms with E-state index in [0.29, 0.717) is 0 Å². The van der Waals surface area contributed by atoms with Crippen LogP contribution in [0.25, 0.3) is 0 Å². The summed E-state index contributed by atoms with van der Waals surface area (Å²) >= 11 is 0. The van der Waals surface area contributed by atoms with Crippen LogP contribution in [0.4, 0.5) is 0 Å². The minimum Gasteiger partial charge on any atom is -0.381 e. The Balaban J connectivity index is 2.16. The third-order valence-electron chi connectivity index (χ3n) is 2.35. The number of pyridine rings is 1. The number of unbranched alkanes of at least 4 members (excludes halogenated alkanes) is 1. The highest BCUT2D eigenvalue weighted by molar-refractivity contribution is 5.13. The number of nitrogens with zero attached hydrogens (tertiary/aromatic N) is 1. The standard InChI is InChI=1S/C12H20N2O/c1-2-3-9-15-10-6-12(13)11-4-7-14-8-5-11/h4-5,7-8,12H,2-3,6,9-10,13H2,1H3. The van der Waals surface area contributed by atoms with E-state index < -0.39 is 0 Å². The van der Waals surface area contributed by atoms with E-state index in [-0.39, 0.29) is 6.04 Å². The third-order valence-corrected chi connectivity index (χ3v) is 2.35. The van der Waals surface area contributed by atoms with Crippen molar-refractivity contribution in [3.63, 3.8) is 0 Å². The first-order chi connectivity index (χ1) is 7.34. The van der Waals surface area contributed by atoms with E-state index in [1.165, 1.54) is 6.42 Å². The Labute approximate surface area is 91.7 Å². The van der Waals surface area contributed by atoms with Crippen molar-refractivity contribution in [2.75, 3.05) is 13.2 Å². The molecule has 0 aliphatic carbocycles. The van der Waals surface area contributed by atoms with Crippen LogP contribution in [0.1, 0.15) is 37.8 Å². The number of rotatable bonds is 7. The van der Waals surface area contributed by atoms with Gasteiger partial charge in [0, 0.05) is 31.6 Å². The number of hydrogen-bond donors (Lipinski definition) is 1. The summed E-state index contributed by atoms with van der Waals surface area (Å²) in [5.41, 5.74) is 7.13. The predicted molar refractivity (Wildman–Crippen MR) is 61.5 cm³/mol. The van der Waals surface area contributed by atoms with Crippen LogP contribution in [0, 0.1) is 0 Å². The minimum absolute atomic E-state index is 0.0645. The molecular weight excluding hydrogens is 188 g/mol. The molecule has 0 aromatic carbocycles. The van der Waals surface area contributed by atoms with Gasteiger partial charge in [-0.1, -0.05) is 13.3 Å². The summed E-state index contributed by atoms with van der Waals surface area (Å²) < 4.78 is 5.47. The maximum atomic E-state index is 6.00. The number of nitrogens with two attached hydrogens (primary N) is 1. The third kappa shape index (κ3) is 4.91. The Morgan fingerprint density at radius 1 is 1.33 bits per heavy atom.